The van der Waals surface area contributed by atoms with E-state index in [4.69, 9.17) is 0 Å². The van der Waals surface area contributed by atoms with E-state index in [1.54, 1.807) is 25.1 Å². The summed E-state index contributed by atoms with van der Waals surface area (Å²) >= 11 is 3.28. The van der Waals surface area contributed by atoms with Crippen molar-refractivity contribution in [3.05, 3.63) is 27.9 Å². The molecule has 0 aromatic heterocycles. The first-order valence-electron chi connectivity index (χ1n) is 4.17. The first-order valence-corrected chi connectivity index (χ1v) is 4.96. The van der Waals surface area contributed by atoms with Gasteiger partial charge in [0.25, 0.3) is 0 Å². The quantitative estimate of drug-likeness (QED) is 0.773. The van der Waals surface area contributed by atoms with Crippen LogP contribution in [0.4, 0.5) is 11.4 Å². The second-order valence-corrected chi connectivity index (χ2v) is 3.98. The number of para-hydroxylation sites is 1. The van der Waals surface area contributed by atoms with E-state index in [9.17, 15) is 10.0 Å². The molecule has 4 nitrogen and oxygen atoms in total. The molecule has 1 N–H and O–H groups in total. The Kier molecular flexibility index (Phi) is 2.20. The lowest BCUT2D eigenvalue weighted by Gasteiger charge is -2.41. The van der Waals surface area contributed by atoms with Crippen LogP contribution in [0, 0.1) is 5.21 Å². The Hall–Kier alpha value is -1.07. The average molecular weight is 256 g/mol. The van der Waals surface area contributed by atoms with E-state index >= 15 is 0 Å². The summed E-state index contributed by atoms with van der Waals surface area (Å²) in [5.41, 5.74) is 1.04. The van der Waals surface area contributed by atoms with Crippen LogP contribution in [0.25, 0.3) is 0 Å². The van der Waals surface area contributed by atoms with Crippen molar-refractivity contribution in [1.82, 2.24) is 0 Å². The lowest BCUT2D eigenvalue weighted by molar-refractivity contribution is -0.117. The van der Waals surface area contributed by atoms with Gasteiger partial charge >= 0.3 is 0 Å². The fraction of sp³-hybridized carbons (Fsp3) is 0.222. The maximum Gasteiger partial charge on any atom is 0.246 e. The summed E-state index contributed by atoms with van der Waals surface area (Å²) in [5.74, 6) is -0.273. The Morgan fingerprint density at radius 2 is 2.29 bits per heavy atom. The van der Waals surface area contributed by atoms with Gasteiger partial charge in [-0.25, -0.2) is 0 Å². The molecule has 0 saturated carbocycles. The molecule has 0 radical (unpaired) electrons. The van der Waals surface area contributed by atoms with Gasteiger partial charge in [-0.15, -0.1) is 0 Å². The van der Waals surface area contributed by atoms with Crippen molar-refractivity contribution in [2.45, 2.75) is 13.0 Å². The number of amides is 1. The topological polar surface area (TPSA) is 55.4 Å². The standard InChI is InChI=1S/C9H8BrN2O2/c1-5-9(13)11-7-4-2-3-6(10)8(7)12(5)14/h2-5H,1H3,(H,11,13)/q-1. The number of fused-ring (bicyclic) bond motifs is 1. The van der Waals surface area contributed by atoms with E-state index in [0.29, 0.717) is 15.8 Å². The highest BCUT2D eigenvalue weighted by Crippen LogP contribution is 2.37. The Labute approximate surface area is 89.6 Å². The molecule has 5 heteroatoms. The maximum absolute atomic E-state index is 11.7. The van der Waals surface area contributed by atoms with Gasteiger partial charge in [-0.05, 0) is 35.0 Å². The van der Waals surface area contributed by atoms with Crippen molar-refractivity contribution in [2.75, 3.05) is 10.4 Å². The number of nitrogens with zero attached hydrogens (tertiary/aromatic N) is 1. The highest BCUT2D eigenvalue weighted by atomic mass is 79.9. The van der Waals surface area contributed by atoms with E-state index in [-0.39, 0.29) is 5.91 Å². The van der Waals surface area contributed by atoms with Gasteiger partial charge in [-0.3, -0.25) is 4.79 Å². The summed E-state index contributed by atoms with van der Waals surface area (Å²) in [5, 5.41) is 15.1. The highest BCUT2D eigenvalue weighted by molar-refractivity contribution is 9.10. The molecule has 1 heterocycles. The molecule has 0 saturated heterocycles. The van der Waals surface area contributed by atoms with Crippen molar-refractivity contribution in [3.63, 3.8) is 0 Å². The monoisotopic (exact) mass is 255 g/mol. The van der Waals surface area contributed by atoms with Crippen molar-refractivity contribution in [3.8, 4) is 0 Å². The van der Waals surface area contributed by atoms with Crippen LogP contribution in [-0.4, -0.2) is 11.9 Å². The molecule has 0 fully saturated rings. The molecular formula is C9H8BrN2O2-. The molecule has 0 aliphatic carbocycles. The van der Waals surface area contributed by atoms with Gasteiger partial charge in [-0.2, -0.15) is 0 Å². The van der Waals surface area contributed by atoms with Crippen LogP contribution < -0.4 is 10.4 Å². The minimum Gasteiger partial charge on any atom is -0.758 e. The highest BCUT2D eigenvalue weighted by Gasteiger charge is 2.24. The van der Waals surface area contributed by atoms with Gasteiger partial charge in [0.1, 0.15) is 0 Å². The second kappa shape index (κ2) is 3.25. The van der Waals surface area contributed by atoms with Crippen molar-refractivity contribution in [1.29, 1.82) is 0 Å². The molecule has 1 atom stereocenters. The number of benzene rings is 1. The summed E-state index contributed by atoms with van der Waals surface area (Å²) in [7, 11) is 0. The fourth-order valence-corrected chi connectivity index (χ4v) is 1.92. The molecule has 1 amide bonds. The van der Waals surface area contributed by atoms with Crippen LogP contribution >= 0.6 is 15.9 Å². The number of anilines is 2. The van der Waals surface area contributed by atoms with E-state index in [1.165, 1.54) is 0 Å². The minimum absolute atomic E-state index is 0.273. The van der Waals surface area contributed by atoms with Gasteiger partial charge in [0.15, 0.2) is 0 Å². The predicted octanol–water partition coefficient (Wildman–Crippen LogP) is 2.09. The normalized spacial score (nSPS) is 20.4. The van der Waals surface area contributed by atoms with Crippen molar-refractivity contribution < 1.29 is 4.79 Å². The van der Waals surface area contributed by atoms with Crippen LogP contribution in [0.15, 0.2) is 22.7 Å². The number of carbonyl (C=O) groups excluding carboxylic acids is 1. The summed E-state index contributed by atoms with van der Waals surface area (Å²) in [6.07, 6.45) is 0. The van der Waals surface area contributed by atoms with E-state index in [2.05, 4.69) is 21.2 Å². The number of hydrogen-bond donors (Lipinski definition) is 1. The summed E-state index contributed by atoms with van der Waals surface area (Å²) in [6, 6.07) is 4.57. The zero-order chi connectivity index (χ0) is 10.3. The van der Waals surface area contributed by atoms with Crippen LogP contribution in [-0.2, 0) is 4.79 Å². The number of nitrogens with one attached hydrogen (secondary N) is 1. The smallest absolute Gasteiger partial charge is 0.246 e. The molecule has 0 bridgehead atoms. The number of carbonyl (C=O) groups is 1. The molecule has 1 unspecified atom stereocenters. The van der Waals surface area contributed by atoms with Crippen LogP contribution in [0.3, 0.4) is 0 Å². The molecule has 1 aromatic rings. The van der Waals surface area contributed by atoms with Crippen molar-refractivity contribution in [2.24, 2.45) is 0 Å². The molecule has 0 spiro atoms. The molecule has 1 aliphatic heterocycles. The molecule has 14 heavy (non-hydrogen) atoms. The van der Waals surface area contributed by atoms with E-state index in [0.717, 1.165) is 5.06 Å². The number of hydroxylamine groups is 1. The van der Waals surface area contributed by atoms with Gasteiger partial charge in [0.05, 0.1) is 17.4 Å². The van der Waals surface area contributed by atoms with E-state index < -0.39 is 6.04 Å². The van der Waals surface area contributed by atoms with Crippen LogP contribution in [0.5, 0.6) is 0 Å². The van der Waals surface area contributed by atoms with Crippen LogP contribution in [0.2, 0.25) is 0 Å². The molecule has 1 aromatic carbocycles. The van der Waals surface area contributed by atoms with E-state index in [1.807, 2.05) is 0 Å². The first kappa shape index (κ1) is 9.48. The number of halogens is 1. The Morgan fingerprint density at radius 1 is 1.57 bits per heavy atom. The lowest BCUT2D eigenvalue weighted by atomic mass is 10.1. The molecular weight excluding hydrogens is 248 g/mol. The summed E-state index contributed by atoms with van der Waals surface area (Å²) in [4.78, 5) is 11.3. The van der Waals surface area contributed by atoms with Gasteiger partial charge in [0, 0.05) is 4.47 Å². The third kappa shape index (κ3) is 1.29. The minimum atomic E-state index is -0.679. The Morgan fingerprint density at radius 3 is 3.00 bits per heavy atom. The molecule has 74 valence electrons. The van der Waals surface area contributed by atoms with Gasteiger partial charge in [0.2, 0.25) is 5.91 Å². The lowest BCUT2D eigenvalue weighted by Crippen LogP contribution is -2.43. The fourth-order valence-electron chi connectivity index (χ4n) is 1.38. The van der Waals surface area contributed by atoms with Crippen molar-refractivity contribution >= 4 is 33.2 Å². The van der Waals surface area contributed by atoms with Gasteiger partial charge < -0.3 is 15.6 Å². The van der Waals surface area contributed by atoms with Crippen LogP contribution in [0.1, 0.15) is 6.92 Å². The second-order valence-electron chi connectivity index (χ2n) is 3.13. The third-order valence-corrected chi connectivity index (χ3v) is 2.84. The SMILES string of the molecule is CC1C(=O)Nc2cccc(Br)c2N1[O-]. The van der Waals surface area contributed by atoms with Gasteiger partial charge in [-0.1, -0.05) is 6.07 Å². The predicted molar refractivity (Wildman–Crippen MR) is 58.1 cm³/mol. The molecule has 2 rings (SSSR count). The molecule has 1 aliphatic rings. The average Bonchev–Trinajstić information content (AvgIpc) is 2.14. The summed E-state index contributed by atoms with van der Waals surface area (Å²) < 4.78 is 0.692. The maximum atomic E-state index is 11.7. The Bertz CT molecular complexity index is 394. The number of hydrogen-bond acceptors (Lipinski definition) is 3. The summed E-state index contributed by atoms with van der Waals surface area (Å²) in [6.45, 7) is 1.57. The number of rotatable bonds is 0. The first-order chi connectivity index (χ1) is 6.61. The largest absolute Gasteiger partial charge is 0.758 e. The third-order valence-electron chi connectivity index (χ3n) is 2.20. The zero-order valence-corrected chi connectivity index (χ0v) is 9.04. The zero-order valence-electron chi connectivity index (χ0n) is 7.45. The Balaban J connectivity index is 2.56.